The van der Waals surface area contributed by atoms with Gasteiger partial charge >= 0.3 is 5.97 Å². The van der Waals surface area contributed by atoms with Gasteiger partial charge in [0.1, 0.15) is 5.56 Å². The summed E-state index contributed by atoms with van der Waals surface area (Å²) in [5.41, 5.74) is 2.36. The number of ether oxygens (including phenoxy) is 1. The van der Waals surface area contributed by atoms with Crippen molar-refractivity contribution in [2.75, 3.05) is 19.7 Å². The maximum absolute atomic E-state index is 12.9. The van der Waals surface area contributed by atoms with Gasteiger partial charge in [0, 0.05) is 18.7 Å². The first-order chi connectivity index (χ1) is 12.1. The predicted octanol–water partition coefficient (Wildman–Crippen LogP) is 3.07. The van der Waals surface area contributed by atoms with Gasteiger partial charge in [-0.05, 0) is 26.7 Å². The van der Waals surface area contributed by atoms with Gasteiger partial charge < -0.3 is 14.2 Å². The Kier molecular flexibility index (Phi) is 5.16. The fourth-order valence-corrected chi connectivity index (χ4v) is 3.09. The smallest absolute Gasteiger partial charge is 0.310 e. The van der Waals surface area contributed by atoms with Crippen molar-refractivity contribution in [2.24, 2.45) is 5.92 Å². The molecule has 1 fully saturated rings. The Bertz CT molecular complexity index is 751. The summed E-state index contributed by atoms with van der Waals surface area (Å²) in [5.74, 6) is -0.196. The monoisotopic (exact) mass is 342 g/mol. The molecular formula is C19H22N2O4. The molecule has 3 rings (SSSR count). The third kappa shape index (κ3) is 3.73. The number of rotatable bonds is 4. The lowest BCUT2D eigenvalue weighted by Gasteiger charge is -2.31. The lowest BCUT2D eigenvalue weighted by Crippen LogP contribution is -2.42. The Labute approximate surface area is 146 Å². The molecule has 1 unspecified atom stereocenters. The van der Waals surface area contributed by atoms with Crippen LogP contribution in [0.5, 0.6) is 0 Å². The molecule has 0 bridgehead atoms. The molecule has 25 heavy (non-hydrogen) atoms. The summed E-state index contributed by atoms with van der Waals surface area (Å²) in [4.78, 5) is 26.6. The molecule has 1 saturated heterocycles. The van der Waals surface area contributed by atoms with Crippen molar-refractivity contribution >= 4 is 11.9 Å². The summed E-state index contributed by atoms with van der Waals surface area (Å²) >= 11 is 0. The molecule has 1 amide bonds. The Balaban J connectivity index is 1.78. The van der Waals surface area contributed by atoms with Crippen molar-refractivity contribution in [2.45, 2.75) is 26.7 Å². The second-order valence-electron chi connectivity index (χ2n) is 6.28. The van der Waals surface area contributed by atoms with Gasteiger partial charge in [-0.2, -0.15) is 0 Å². The van der Waals surface area contributed by atoms with E-state index >= 15 is 0 Å². The van der Waals surface area contributed by atoms with Crippen molar-refractivity contribution in [3.05, 3.63) is 41.6 Å². The van der Waals surface area contributed by atoms with E-state index in [0.29, 0.717) is 31.0 Å². The van der Waals surface area contributed by atoms with Crippen molar-refractivity contribution in [1.82, 2.24) is 10.1 Å². The van der Waals surface area contributed by atoms with Crippen LogP contribution in [0.3, 0.4) is 0 Å². The number of nitrogens with zero attached hydrogens (tertiary/aromatic N) is 2. The maximum Gasteiger partial charge on any atom is 0.310 e. The number of hydrogen-bond donors (Lipinski definition) is 0. The highest BCUT2D eigenvalue weighted by Gasteiger charge is 2.31. The van der Waals surface area contributed by atoms with Crippen LogP contribution in [-0.2, 0) is 9.53 Å². The minimum atomic E-state index is -0.264. The van der Waals surface area contributed by atoms with Crippen LogP contribution in [0, 0.1) is 12.8 Å². The molecule has 1 aromatic heterocycles. The van der Waals surface area contributed by atoms with E-state index in [-0.39, 0.29) is 17.8 Å². The lowest BCUT2D eigenvalue weighted by molar-refractivity contribution is -0.149. The van der Waals surface area contributed by atoms with Gasteiger partial charge in [0.2, 0.25) is 0 Å². The number of amides is 1. The number of piperidine rings is 1. The van der Waals surface area contributed by atoms with Gasteiger partial charge in [-0.25, -0.2) is 0 Å². The zero-order chi connectivity index (χ0) is 17.8. The average molecular weight is 342 g/mol. The Hall–Kier alpha value is -2.63. The molecule has 132 valence electrons. The Morgan fingerprint density at radius 1 is 1.32 bits per heavy atom. The summed E-state index contributed by atoms with van der Waals surface area (Å²) in [6, 6.07) is 7.74. The molecular weight excluding hydrogens is 320 g/mol. The van der Waals surface area contributed by atoms with Gasteiger partial charge in [-0.3, -0.25) is 9.59 Å². The first kappa shape index (κ1) is 17.2. The number of carbonyl (C=O) groups is 2. The van der Waals surface area contributed by atoms with Gasteiger partial charge in [0.05, 0.1) is 18.7 Å². The van der Waals surface area contributed by atoms with Gasteiger partial charge in [-0.15, -0.1) is 0 Å². The normalized spacial score (nSPS) is 17.4. The maximum atomic E-state index is 12.9. The van der Waals surface area contributed by atoms with Crippen LogP contribution in [0.25, 0.3) is 11.3 Å². The summed E-state index contributed by atoms with van der Waals surface area (Å²) < 4.78 is 10.4. The standard InChI is InChI=1S/C19H22N2O4/c1-3-24-19(23)15-5-4-10-21(12-15)18(22)16-11-20-25-17(16)14-8-6-13(2)7-9-14/h6-9,11,15H,3-5,10,12H2,1-2H3. The zero-order valence-corrected chi connectivity index (χ0v) is 14.5. The molecule has 6 nitrogen and oxygen atoms in total. The number of hydrogen-bond acceptors (Lipinski definition) is 5. The first-order valence-corrected chi connectivity index (χ1v) is 8.57. The van der Waals surface area contributed by atoms with Gasteiger partial charge in [0.15, 0.2) is 5.76 Å². The molecule has 1 aromatic carbocycles. The van der Waals surface area contributed by atoms with Crippen molar-refractivity contribution in [3.8, 4) is 11.3 Å². The number of esters is 1. The highest BCUT2D eigenvalue weighted by molar-refractivity contribution is 5.99. The molecule has 6 heteroatoms. The molecule has 1 aliphatic heterocycles. The van der Waals surface area contributed by atoms with E-state index in [1.807, 2.05) is 31.2 Å². The molecule has 1 aliphatic rings. The lowest BCUT2D eigenvalue weighted by atomic mass is 9.97. The molecule has 2 heterocycles. The van der Waals surface area contributed by atoms with Crippen molar-refractivity contribution < 1.29 is 18.8 Å². The van der Waals surface area contributed by atoms with Crippen molar-refractivity contribution in [1.29, 1.82) is 0 Å². The summed E-state index contributed by atoms with van der Waals surface area (Å²) in [7, 11) is 0. The van der Waals surface area contributed by atoms with Gasteiger partial charge in [0.25, 0.3) is 5.91 Å². The Morgan fingerprint density at radius 2 is 2.08 bits per heavy atom. The van der Waals surface area contributed by atoms with E-state index in [0.717, 1.165) is 24.0 Å². The van der Waals surface area contributed by atoms with E-state index in [1.165, 1.54) is 6.20 Å². The summed E-state index contributed by atoms with van der Waals surface area (Å²) in [5, 5.41) is 3.81. The highest BCUT2D eigenvalue weighted by Crippen LogP contribution is 2.27. The quantitative estimate of drug-likeness (QED) is 0.799. The largest absolute Gasteiger partial charge is 0.466 e. The average Bonchev–Trinajstić information content (AvgIpc) is 3.11. The minimum Gasteiger partial charge on any atom is -0.466 e. The second kappa shape index (κ2) is 7.51. The third-order valence-electron chi connectivity index (χ3n) is 4.44. The molecule has 0 saturated carbocycles. The number of benzene rings is 1. The number of carbonyl (C=O) groups excluding carboxylic acids is 2. The first-order valence-electron chi connectivity index (χ1n) is 8.57. The molecule has 1 atom stereocenters. The Morgan fingerprint density at radius 3 is 2.80 bits per heavy atom. The van der Waals surface area contributed by atoms with Crippen LogP contribution < -0.4 is 0 Å². The SMILES string of the molecule is CCOC(=O)C1CCCN(C(=O)c2cnoc2-c2ccc(C)cc2)C1. The van der Waals surface area contributed by atoms with E-state index in [2.05, 4.69) is 5.16 Å². The fraction of sp³-hybridized carbons (Fsp3) is 0.421. The van der Waals surface area contributed by atoms with Gasteiger partial charge in [-0.1, -0.05) is 35.0 Å². The van der Waals surface area contributed by atoms with Crippen LogP contribution >= 0.6 is 0 Å². The fourth-order valence-electron chi connectivity index (χ4n) is 3.09. The van der Waals surface area contributed by atoms with E-state index in [1.54, 1.807) is 11.8 Å². The van der Waals surface area contributed by atoms with Crippen LogP contribution in [0.2, 0.25) is 0 Å². The molecule has 0 spiro atoms. The van der Waals surface area contributed by atoms with Crippen LogP contribution in [0.4, 0.5) is 0 Å². The third-order valence-corrected chi connectivity index (χ3v) is 4.44. The van der Waals surface area contributed by atoms with E-state index < -0.39 is 0 Å². The molecule has 0 aliphatic carbocycles. The molecule has 2 aromatic rings. The van der Waals surface area contributed by atoms with Crippen molar-refractivity contribution in [3.63, 3.8) is 0 Å². The van der Waals surface area contributed by atoms with Crippen LogP contribution in [-0.4, -0.2) is 41.6 Å². The summed E-state index contributed by atoms with van der Waals surface area (Å²) in [6.45, 7) is 5.13. The topological polar surface area (TPSA) is 72.6 Å². The predicted molar refractivity (Wildman–Crippen MR) is 91.9 cm³/mol. The van der Waals surface area contributed by atoms with Crippen LogP contribution in [0.1, 0.15) is 35.7 Å². The van der Waals surface area contributed by atoms with E-state index in [4.69, 9.17) is 9.26 Å². The number of aromatic nitrogens is 1. The number of aryl methyl sites for hydroxylation is 1. The second-order valence-corrected chi connectivity index (χ2v) is 6.28. The summed E-state index contributed by atoms with van der Waals surface area (Å²) in [6.07, 6.45) is 2.98. The minimum absolute atomic E-state index is 0.161. The highest BCUT2D eigenvalue weighted by atomic mass is 16.5. The van der Waals surface area contributed by atoms with Crippen LogP contribution in [0.15, 0.2) is 35.0 Å². The zero-order valence-electron chi connectivity index (χ0n) is 14.5. The molecule has 0 N–H and O–H groups in total. The number of likely N-dealkylation sites (tertiary alicyclic amines) is 1. The molecule has 0 radical (unpaired) electrons. The van der Waals surface area contributed by atoms with E-state index in [9.17, 15) is 9.59 Å².